The maximum atomic E-state index is 13.1. The molecular weight excluding hydrogens is 500 g/mol. The number of anilines is 3. The molecule has 4 rings (SSSR count). The van der Waals surface area contributed by atoms with Crippen molar-refractivity contribution < 1.29 is 14.4 Å². The fourth-order valence-electron chi connectivity index (χ4n) is 3.43. The summed E-state index contributed by atoms with van der Waals surface area (Å²) < 4.78 is 0. The van der Waals surface area contributed by atoms with E-state index in [-0.39, 0.29) is 23.0 Å². The lowest BCUT2D eigenvalue weighted by molar-refractivity contribution is -0.110. The molecule has 192 valence electrons. The van der Waals surface area contributed by atoms with Crippen molar-refractivity contribution in [3.63, 3.8) is 0 Å². The minimum absolute atomic E-state index is 0.161. The van der Waals surface area contributed by atoms with Gasteiger partial charge in [0.05, 0.1) is 17.7 Å². The molecule has 3 aromatic carbocycles. The molecule has 2 amide bonds. The van der Waals surface area contributed by atoms with Crippen LogP contribution < -0.4 is 16.1 Å². The summed E-state index contributed by atoms with van der Waals surface area (Å²) in [5, 5.41) is 18.9. The Morgan fingerprint density at radius 3 is 2.32 bits per heavy atom. The van der Waals surface area contributed by atoms with Crippen molar-refractivity contribution in [2.24, 2.45) is 5.10 Å². The molecule has 10 heteroatoms. The molecule has 0 saturated carbocycles. The van der Waals surface area contributed by atoms with E-state index in [2.05, 4.69) is 31.4 Å². The summed E-state index contributed by atoms with van der Waals surface area (Å²) in [7, 11) is 0. The van der Waals surface area contributed by atoms with E-state index in [1.54, 1.807) is 36.4 Å². The molecule has 0 unspecified atom stereocenters. The number of hydrazone groups is 1. The number of hydrogen-bond acceptors (Lipinski definition) is 8. The molecule has 0 atom stereocenters. The first-order valence-corrected chi connectivity index (χ1v) is 12.8. The molecular formula is C28H26N6O3S. The molecule has 38 heavy (non-hydrogen) atoms. The standard InChI is InChI=1S/C28H26N6O3S/c1-3-25-32-34-28(38-25)30-27(37)23(17-24(35)19-15-13-18(2)14-16-19)31-33-26(36)21-11-7-8-12-22(21)29-20-9-5-4-6-10-20/h4-16,29H,3,17H2,1-2H3,(H,33,36)(H,30,34,37). The number of nitrogens with zero attached hydrogens (tertiary/aromatic N) is 3. The number of aryl methyl sites for hydroxylation is 2. The molecule has 1 heterocycles. The Balaban J connectivity index is 1.56. The predicted octanol–water partition coefficient (Wildman–Crippen LogP) is 5.15. The van der Waals surface area contributed by atoms with Crippen LogP contribution in [-0.4, -0.2) is 33.5 Å². The lowest BCUT2D eigenvalue weighted by Crippen LogP contribution is -2.29. The van der Waals surface area contributed by atoms with E-state index in [4.69, 9.17) is 0 Å². The first-order chi connectivity index (χ1) is 18.4. The van der Waals surface area contributed by atoms with Crippen molar-refractivity contribution in [2.45, 2.75) is 26.7 Å². The summed E-state index contributed by atoms with van der Waals surface area (Å²) in [5.41, 5.74) is 5.41. The molecule has 3 N–H and O–H groups in total. The van der Waals surface area contributed by atoms with Crippen molar-refractivity contribution in [3.05, 3.63) is 101 Å². The van der Waals surface area contributed by atoms with Gasteiger partial charge in [-0.25, -0.2) is 5.43 Å². The highest BCUT2D eigenvalue weighted by Crippen LogP contribution is 2.21. The number of carbonyl (C=O) groups excluding carboxylic acids is 3. The summed E-state index contributed by atoms with van der Waals surface area (Å²) in [6.07, 6.45) is 0.353. The van der Waals surface area contributed by atoms with Gasteiger partial charge < -0.3 is 5.32 Å². The topological polar surface area (TPSA) is 125 Å². The summed E-state index contributed by atoms with van der Waals surface area (Å²) in [5.74, 6) is -1.51. The Kier molecular flexibility index (Phi) is 8.68. The highest BCUT2D eigenvalue weighted by atomic mass is 32.1. The largest absolute Gasteiger partial charge is 0.355 e. The minimum atomic E-state index is -0.653. The summed E-state index contributed by atoms with van der Waals surface area (Å²) in [4.78, 5) is 39.1. The predicted molar refractivity (Wildman–Crippen MR) is 149 cm³/mol. The lowest BCUT2D eigenvalue weighted by Gasteiger charge is -2.11. The molecule has 0 aliphatic heterocycles. The fraction of sp³-hybridized carbons (Fsp3) is 0.143. The van der Waals surface area contributed by atoms with Crippen LogP contribution in [0.5, 0.6) is 0 Å². The maximum absolute atomic E-state index is 13.1. The van der Waals surface area contributed by atoms with Gasteiger partial charge in [-0.2, -0.15) is 5.10 Å². The second-order valence-corrected chi connectivity index (χ2v) is 9.37. The van der Waals surface area contributed by atoms with Gasteiger partial charge in [0.1, 0.15) is 10.7 Å². The Morgan fingerprint density at radius 2 is 1.61 bits per heavy atom. The number of carbonyl (C=O) groups is 3. The second kappa shape index (κ2) is 12.5. The summed E-state index contributed by atoms with van der Waals surface area (Å²) in [6, 6.07) is 23.4. The molecule has 9 nitrogen and oxygen atoms in total. The van der Waals surface area contributed by atoms with Crippen LogP contribution in [0.1, 0.15) is 44.6 Å². The Morgan fingerprint density at radius 1 is 0.895 bits per heavy atom. The van der Waals surface area contributed by atoms with E-state index in [0.29, 0.717) is 23.2 Å². The van der Waals surface area contributed by atoms with Crippen LogP contribution in [0, 0.1) is 6.92 Å². The van der Waals surface area contributed by atoms with E-state index in [1.807, 2.05) is 56.3 Å². The van der Waals surface area contributed by atoms with Crippen molar-refractivity contribution in [3.8, 4) is 0 Å². The number of rotatable bonds is 10. The molecule has 0 bridgehead atoms. The number of ketones is 1. The second-order valence-electron chi connectivity index (χ2n) is 8.31. The molecule has 0 saturated heterocycles. The highest BCUT2D eigenvalue weighted by molar-refractivity contribution is 7.15. The monoisotopic (exact) mass is 526 g/mol. The van der Waals surface area contributed by atoms with Gasteiger partial charge in [0.25, 0.3) is 11.8 Å². The van der Waals surface area contributed by atoms with Gasteiger partial charge in [0.2, 0.25) is 5.13 Å². The van der Waals surface area contributed by atoms with E-state index in [9.17, 15) is 14.4 Å². The zero-order chi connectivity index (χ0) is 26.9. The van der Waals surface area contributed by atoms with Crippen LogP contribution >= 0.6 is 11.3 Å². The molecule has 0 aliphatic rings. The average molecular weight is 527 g/mol. The smallest absolute Gasteiger partial charge is 0.274 e. The van der Waals surface area contributed by atoms with Crippen LogP contribution in [-0.2, 0) is 11.2 Å². The number of nitrogens with one attached hydrogen (secondary N) is 3. The zero-order valence-corrected chi connectivity index (χ0v) is 21.7. The number of para-hydroxylation sites is 2. The SMILES string of the molecule is CCc1nnc(NC(=O)C(CC(=O)c2ccc(C)cc2)=NNC(=O)c2ccccc2Nc2ccccc2)s1. The third kappa shape index (κ3) is 6.95. The van der Waals surface area contributed by atoms with Gasteiger partial charge >= 0.3 is 0 Å². The first-order valence-electron chi connectivity index (χ1n) is 11.9. The normalized spacial score (nSPS) is 11.1. The van der Waals surface area contributed by atoms with Gasteiger partial charge in [0.15, 0.2) is 5.78 Å². The number of amides is 2. The third-order valence-corrected chi connectivity index (χ3v) is 6.45. The third-order valence-electron chi connectivity index (χ3n) is 5.47. The van der Waals surface area contributed by atoms with Crippen LogP contribution in [0.4, 0.5) is 16.5 Å². The van der Waals surface area contributed by atoms with E-state index < -0.39 is 11.8 Å². The molecule has 0 spiro atoms. The Bertz CT molecular complexity index is 1470. The van der Waals surface area contributed by atoms with Crippen LogP contribution in [0.25, 0.3) is 0 Å². The first kappa shape index (κ1) is 26.4. The Hall–Kier alpha value is -4.70. The number of benzene rings is 3. The van der Waals surface area contributed by atoms with Crippen molar-refractivity contribution in [1.29, 1.82) is 0 Å². The van der Waals surface area contributed by atoms with Crippen LogP contribution in [0.3, 0.4) is 0 Å². The molecule has 0 fully saturated rings. The number of aromatic nitrogens is 2. The quantitative estimate of drug-likeness (QED) is 0.149. The summed E-state index contributed by atoms with van der Waals surface area (Å²) in [6.45, 7) is 3.85. The van der Waals surface area contributed by atoms with Gasteiger partial charge in [-0.05, 0) is 37.6 Å². The van der Waals surface area contributed by atoms with Crippen molar-refractivity contribution >= 4 is 51.2 Å². The van der Waals surface area contributed by atoms with Crippen molar-refractivity contribution in [1.82, 2.24) is 15.6 Å². The lowest BCUT2D eigenvalue weighted by atomic mass is 10.0. The maximum Gasteiger partial charge on any atom is 0.274 e. The molecule has 4 aromatic rings. The van der Waals surface area contributed by atoms with E-state index in [0.717, 1.165) is 16.3 Å². The average Bonchev–Trinajstić information content (AvgIpc) is 3.39. The minimum Gasteiger partial charge on any atom is -0.355 e. The van der Waals surface area contributed by atoms with E-state index >= 15 is 0 Å². The fourth-order valence-corrected chi connectivity index (χ4v) is 4.10. The molecule has 1 aromatic heterocycles. The van der Waals surface area contributed by atoms with Crippen molar-refractivity contribution in [2.75, 3.05) is 10.6 Å². The summed E-state index contributed by atoms with van der Waals surface area (Å²) >= 11 is 1.23. The van der Waals surface area contributed by atoms with Gasteiger partial charge in [0, 0.05) is 11.3 Å². The van der Waals surface area contributed by atoms with E-state index in [1.165, 1.54) is 11.3 Å². The molecule has 0 aliphatic carbocycles. The van der Waals surface area contributed by atoms with Gasteiger partial charge in [-0.15, -0.1) is 10.2 Å². The zero-order valence-electron chi connectivity index (χ0n) is 20.9. The highest BCUT2D eigenvalue weighted by Gasteiger charge is 2.20. The van der Waals surface area contributed by atoms with Gasteiger partial charge in [-0.3, -0.25) is 19.7 Å². The Labute approximate surface area is 224 Å². The number of hydrogen-bond donors (Lipinski definition) is 3. The number of Topliss-reactive ketones (excluding diaryl/α,β-unsaturated/α-hetero) is 1. The van der Waals surface area contributed by atoms with Crippen LogP contribution in [0.2, 0.25) is 0 Å². The molecule has 0 radical (unpaired) electrons. The van der Waals surface area contributed by atoms with Crippen LogP contribution in [0.15, 0.2) is 84.0 Å². The van der Waals surface area contributed by atoms with Gasteiger partial charge in [-0.1, -0.05) is 78.4 Å².